The summed E-state index contributed by atoms with van der Waals surface area (Å²) in [5.41, 5.74) is 5.43. The first-order valence-corrected chi connectivity index (χ1v) is 10.6. The predicted octanol–water partition coefficient (Wildman–Crippen LogP) is 5.31. The van der Waals surface area contributed by atoms with Gasteiger partial charge in [0.2, 0.25) is 0 Å². The number of nitrogens with zero attached hydrogens (tertiary/aromatic N) is 2. The number of aromatic nitrogens is 1. The lowest BCUT2D eigenvalue weighted by atomic mass is 9.71. The number of nitriles is 1. The van der Waals surface area contributed by atoms with Gasteiger partial charge in [0.15, 0.2) is 0 Å². The number of nitrogens with one attached hydrogen (secondary N) is 1. The molecule has 1 aromatic heterocycles. The maximum Gasteiger partial charge on any atom is 0.251 e. The Kier molecular flexibility index (Phi) is 4.59. The second-order valence-corrected chi connectivity index (χ2v) is 8.40. The minimum absolute atomic E-state index is 0.0943. The maximum atomic E-state index is 12.8. The number of hydrogen-bond donors (Lipinski definition) is 1. The van der Waals surface area contributed by atoms with Crippen molar-refractivity contribution in [2.45, 2.75) is 43.6 Å². The summed E-state index contributed by atoms with van der Waals surface area (Å²) in [6, 6.07) is 21.7. The van der Waals surface area contributed by atoms with Crippen LogP contribution >= 0.6 is 0 Å². The summed E-state index contributed by atoms with van der Waals surface area (Å²) in [6.45, 7) is 0. The van der Waals surface area contributed by atoms with E-state index in [1.54, 1.807) is 24.3 Å². The Labute approximate surface area is 176 Å². The van der Waals surface area contributed by atoms with Crippen LogP contribution in [0.4, 0.5) is 0 Å². The van der Waals surface area contributed by atoms with Crippen molar-refractivity contribution in [3.63, 3.8) is 0 Å². The first kappa shape index (κ1) is 18.6. The largest absolute Gasteiger partial charge is 0.343 e. The molecule has 4 nitrogen and oxygen atoms in total. The van der Waals surface area contributed by atoms with Crippen molar-refractivity contribution in [3.8, 4) is 17.2 Å². The number of rotatable bonds is 5. The molecule has 0 saturated heterocycles. The van der Waals surface area contributed by atoms with E-state index in [0.29, 0.717) is 17.0 Å². The van der Waals surface area contributed by atoms with Crippen molar-refractivity contribution in [2.75, 3.05) is 0 Å². The van der Waals surface area contributed by atoms with Gasteiger partial charge < -0.3 is 5.32 Å². The highest BCUT2D eigenvalue weighted by atomic mass is 16.1. The Morgan fingerprint density at radius 1 is 0.967 bits per heavy atom. The minimum Gasteiger partial charge on any atom is -0.343 e. The summed E-state index contributed by atoms with van der Waals surface area (Å²) in [7, 11) is 0. The van der Waals surface area contributed by atoms with Crippen LogP contribution in [0.2, 0.25) is 0 Å². The van der Waals surface area contributed by atoms with E-state index in [1.807, 2.05) is 6.20 Å². The molecule has 1 N–H and O–H groups in total. The van der Waals surface area contributed by atoms with Gasteiger partial charge in [-0.2, -0.15) is 5.26 Å². The average molecular weight is 393 g/mol. The van der Waals surface area contributed by atoms with Gasteiger partial charge in [-0.15, -0.1) is 0 Å². The number of pyridine rings is 1. The standard InChI is InChI=1S/C26H23N3O/c27-16-18-2-4-21(5-3-18)25(30)29-26(14-1-15-26)23-11-8-19(9-12-23)22-10-13-24(28-17-22)20-6-7-20/h2-5,8-13,17,20H,1,6-7,14-15H2,(H,29,30). The van der Waals surface area contributed by atoms with Crippen molar-refractivity contribution >= 4 is 5.91 Å². The molecule has 0 atom stereocenters. The molecule has 1 amide bonds. The molecule has 0 unspecified atom stereocenters. The molecule has 0 radical (unpaired) electrons. The molecule has 0 spiro atoms. The van der Waals surface area contributed by atoms with E-state index in [0.717, 1.165) is 36.0 Å². The quantitative estimate of drug-likeness (QED) is 0.639. The van der Waals surface area contributed by atoms with Gasteiger partial charge in [0.25, 0.3) is 5.91 Å². The number of benzene rings is 2. The number of hydrogen-bond acceptors (Lipinski definition) is 3. The second kappa shape index (κ2) is 7.42. The van der Waals surface area contributed by atoms with E-state index in [4.69, 9.17) is 5.26 Å². The fourth-order valence-electron chi connectivity index (χ4n) is 4.18. The zero-order chi connectivity index (χ0) is 20.6. The first-order valence-electron chi connectivity index (χ1n) is 10.6. The number of amides is 1. The third kappa shape index (κ3) is 3.48. The van der Waals surface area contributed by atoms with Crippen molar-refractivity contribution < 1.29 is 4.79 Å². The van der Waals surface area contributed by atoms with Crippen LogP contribution in [0.5, 0.6) is 0 Å². The van der Waals surface area contributed by atoms with Gasteiger partial charge in [-0.05, 0) is 73.6 Å². The summed E-state index contributed by atoms with van der Waals surface area (Å²) in [6.07, 6.45) is 7.46. The monoisotopic (exact) mass is 393 g/mol. The average Bonchev–Trinajstić information content (AvgIpc) is 3.62. The van der Waals surface area contributed by atoms with Gasteiger partial charge in [0, 0.05) is 28.9 Å². The summed E-state index contributed by atoms with van der Waals surface area (Å²) in [5, 5.41) is 12.2. The molecule has 5 rings (SSSR count). The molecule has 3 aromatic rings. The lowest BCUT2D eigenvalue weighted by Gasteiger charge is -2.43. The van der Waals surface area contributed by atoms with Crippen LogP contribution in [-0.4, -0.2) is 10.9 Å². The molecule has 1 heterocycles. The topological polar surface area (TPSA) is 65.8 Å². The van der Waals surface area contributed by atoms with E-state index >= 15 is 0 Å². The molecule has 2 fully saturated rings. The molecule has 148 valence electrons. The van der Waals surface area contributed by atoms with Crippen LogP contribution in [0.3, 0.4) is 0 Å². The van der Waals surface area contributed by atoms with Gasteiger partial charge in [-0.1, -0.05) is 30.3 Å². The van der Waals surface area contributed by atoms with E-state index in [9.17, 15) is 4.79 Å². The van der Waals surface area contributed by atoms with Gasteiger partial charge in [0.05, 0.1) is 17.2 Å². The number of carbonyl (C=O) groups is 1. The third-order valence-corrected chi connectivity index (χ3v) is 6.39. The third-order valence-electron chi connectivity index (χ3n) is 6.39. The van der Waals surface area contributed by atoms with Crippen molar-refractivity contribution in [1.82, 2.24) is 10.3 Å². The SMILES string of the molecule is N#Cc1ccc(C(=O)NC2(c3ccc(-c4ccc(C5CC5)nc4)cc3)CCC2)cc1. The van der Waals surface area contributed by atoms with Gasteiger partial charge in [-0.3, -0.25) is 9.78 Å². The molecule has 4 heteroatoms. The molecule has 30 heavy (non-hydrogen) atoms. The van der Waals surface area contributed by atoms with Crippen molar-refractivity contribution in [1.29, 1.82) is 5.26 Å². The fourth-order valence-corrected chi connectivity index (χ4v) is 4.18. The molecule has 2 saturated carbocycles. The Balaban J connectivity index is 1.33. The Bertz CT molecular complexity index is 1100. The summed E-state index contributed by atoms with van der Waals surface area (Å²) in [4.78, 5) is 17.4. The van der Waals surface area contributed by atoms with Crippen LogP contribution < -0.4 is 5.32 Å². The molecule has 2 aliphatic rings. The molecule has 0 aliphatic heterocycles. The van der Waals surface area contributed by atoms with Crippen LogP contribution in [0.15, 0.2) is 66.9 Å². The smallest absolute Gasteiger partial charge is 0.251 e. The number of carbonyl (C=O) groups excluding carboxylic acids is 1. The lowest BCUT2D eigenvalue weighted by molar-refractivity contribution is 0.0823. The Morgan fingerprint density at radius 3 is 2.20 bits per heavy atom. The van der Waals surface area contributed by atoms with Crippen LogP contribution in [-0.2, 0) is 5.54 Å². The van der Waals surface area contributed by atoms with Crippen molar-refractivity contribution in [3.05, 3.63) is 89.2 Å². The van der Waals surface area contributed by atoms with E-state index in [2.05, 4.69) is 52.8 Å². The fraction of sp³-hybridized carbons (Fsp3) is 0.269. The highest BCUT2D eigenvalue weighted by Crippen LogP contribution is 2.42. The van der Waals surface area contributed by atoms with E-state index in [1.165, 1.54) is 18.5 Å². The summed E-state index contributed by atoms with van der Waals surface area (Å²) >= 11 is 0. The molecule has 2 aliphatic carbocycles. The van der Waals surface area contributed by atoms with Crippen LogP contribution in [0.1, 0.15) is 65.2 Å². The summed E-state index contributed by atoms with van der Waals surface area (Å²) < 4.78 is 0. The normalized spacial score (nSPS) is 16.9. The van der Waals surface area contributed by atoms with Gasteiger partial charge >= 0.3 is 0 Å². The highest BCUT2D eigenvalue weighted by molar-refractivity contribution is 5.95. The maximum absolute atomic E-state index is 12.8. The second-order valence-electron chi connectivity index (χ2n) is 8.40. The van der Waals surface area contributed by atoms with Crippen LogP contribution in [0, 0.1) is 11.3 Å². The van der Waals surface area contributed by atoms with Crippen molar-refractivity contribution in [2.24, 2.45) is 0 Å². The lowest BCUT2D eigenvalue weighted by Crippen LogP contribution is -2.50. The zero-order valence-electron chi connectivity index (χ0n) is 16.8. The van der Waals surface area contributed by atoms with Gasteiger partial charge in [-0.25, -0.2) is 0 Å². The predicted molar refractivity (Wildman–Crippen MR) is 116 cm³/mol. The molecule has 0 bridgehead atoms. The van der Waals surface area contributed by atoms with Gasteiger partial charge in [0.1, 0.15) is 0 Å². The summed E-state index contributed by atoms with van der Waals surface area (Å²) in [5.74, 6) is 0.572. The van der Waals surface area contributed by atoms with E-state index in [-0.39, 0.29) is 11.4 Å². The zero-order valence-corrected chi connectivity index (χ0v) is 16.8. The molecular formula is C26H23N3O. The molecular weight excluding hydrogens is 370 g/mol. The molecule has 2 aromatic carbocycles. The van der Waals surface area contributed by atoms with Crippen LogP contribution in [0.25, 0.3) is 11.1 Å². The highest BCUT2D eigenvalue weighted by Gasteiger charge is 2.40. The Morgan fingerprint density at radius 2 is 1.67 bits per heavy atom. The minimum atomic E-state index is -0.308. The van der Waals surface area contributed by atoms with E-state index < -0.39 is 0 Å². The first-order chi connectivity index (χ1) is 14.7. The Hall–Kier alpha value is -3.45.